The van der Waals surface area contributed by atoms with E-state index in [4.69, 9.17) is 34.7 Å². The molecule has 0 atom stereocenters. The summed E-state index contributed by atoms with van der Waals surface area (Å²) < 4.78 is 0. The van der Waals surface area contributed by atoms with Gasteiger partial charge in [-0.3, -0.25) is 0 Å². The molecule has 0 aliphatic carbocycles. The molecule has 0 fully saturated rings. The summed E-state index contributed by atoms with van der Waals surface area (Å²) in [6, 6.07) is 6.78. The van der Waals surface area contributed by atoms with E-state index < -0.39 is 0 Å². The van der Waals surface area contributed by atoms with Gasteiger partial charge in [0.05, 0.1) is 15.7 Å². The van der Waals surface area contributed by atoms with Crippen molar-refractivity contribution in [3.8, 4) is 0 Å². The van der Waals surface area contributed by atoms with Crippen LogP contribution < -0.4 is 16.8 Å². The van der Waals surface area contributed by atoms with Gasteiger partial charge >= 0.3 is 0 Å². The highest BCUT2D eigenvalue weighted by Crippen LogP contribution is 2.31. The third-order valence-corrected chi connectivity index (χ3v) is 2.80. The van der Waals surface area contributed by atoms with E-state index in [-0.39, 0.29) is 11.8 Å². The minimum atomic E-state index is 0.0886. The van der Waals surface area contributed by atoms with Crippen LogP contribution in [0.3, 0.4) is 0 Å². The Balaban J connectivity index is 2.34. The number of hydrogen-bond donors (Lipinski definition) is 3. The Kier molecular flexibility index (Phi) is 3.21. The number of halogens is 2. The highest BCUT2D eigenvalue weighted by molar-refractivity contribution is 6.43. The van der Waals surface area contributed by atoms with Crippen molar-refractivity contribution >= 4 is 46.5 Å². The number of benzene rings is 1. The Hall–Kier alpha value is -1.72. The van der Waals surface area contributed by atoms with Gasteiger partial charge in [0.25, 0.3) is 0 Å². The summed E-state index contributed by atoms with van der Waals surface area (Å²) in [5.41, 5.74) is 11.7. The van der Waals surface area contributed by atoms with Gasteiger partial charge in [-0.15, -0.1) is 0 Å². The average molecular weight is 270 g/mol. The molecule has 7 heteroatoms. The van der Waals surface area contributed by atoms with Crippen molar-refractivity contribution in [2.45, 2.75) is 0 Å². The first-order valence-corrected chi connectivity index (χ1v) is 5.43. The SMILES string of the molecule is Nc1cc(Nc2cccc(Cl)c2Cl)nc(N)n1. The van der Waals surface area contributed by atoms with Gasteiger partial charge < -0.3 is 16.8 Å². The van der Waals surface area contributed by atoms with Crippen LogP contribution in [0.5, 0.6) is 0 Å². The molecule has 0 saturated carbocycles. The first-order chi connectivity index (χ1) is 8.06. The van der Waals surface area contributed by atoms with Crippen molar-refractivity contribution in [2.24, 2.45) is 0 Å². The maximum atomic E-state index is 6.02. The number of nitrogen functional groups attached to an aromatic ring is 2. The molecule has 0 bridgehead atoms. The van der Waals surface area contributed by atoms with Crippen molar-refractivity contribution in [3.63, 3.8) is 0 Å². The van der Waals surface area contributed by atoms with Crippen LogP contribution in [0.1, 0.15) is 0 Å². The maximum absolute atomic E-state index is 6.02. The van der Waals surface area contributed by atoms with Crippen molar-refractivity contribution in [2.75, 3.05) is 16.8 Å². The van der Waals surface area contributed by atoms with Crippen LogP contribution in [0.25, 0.3) is 0 Å². The number of nitrogens with zero attached hydrogens (tertiary/aromatic N) is 2. The molecule has 0 radical (unpaired) electrons. The number of nitrogens with two attached hydrogens (primary N) is 2. The molecule has 5 nitrogen and oxygen atoms in total. The molecule has 1 aromatic heterocycles. The number of anilines is 4. The van der Waals surface area contributed by atoms with Gasteiger partial charge in [0, 0.05) is 6.07 Å². The van der Waals surface area contributed by atoms with E-state index in [0.29, 0.717) is 21.6 Å². The number of aromatic nitrogens is 2. The zero-order valence-corrected chi connectivity index (χ0v) is 10.1. The predicted octanol–water partition coefficient (Wildman–Crippen LogP) is 2.69. The summed E-state index contributed by atoms with van der Waals surface area (Å²) in [5, 5.41) is 3.83. The Morgan fingerprint density at radius 1 is 1.12 bits per heavy atom. The highest BCUT2D eigenvalue weighted by Gasteiger charge is 2.06. The molecule has 0 aliphatic rings. The van der Waals surface area contributed by atoms with Gasteiger partial charge in [-0.1, -0.05) is 29.3 Å². The zero-order valence-electron chi connectivity index (χ0n) is 8.61. The quantitative estimate of drug-likeness (QED) is 0.780. The minimum Gasteiger partial charge on any atom is -0.383 e. The van der Waals surface area contributed by atoms with Crippen molar-refractivity contribution < 1.29 is 0 Å². The molecule has 2 rings (SSSR count). The van der Waals surface area contributed by atoms with Crippen LogP contribution in [-0.2, 0) is 0 Å². The lowest BCUT2D eigenvalue weighted by Crippen LogP contribution is -2.03. The van der Waals surface area contributed by atoms with E-state index in [9.17, 15) is 0 Å². The van der Waals surface area contributed by atoms with E-state index >= 15 is 0 Å². The maximum Gasteiger partial charge on any atom is 0.223 e. The summed E-state index contributed by atoms with van der Waals surface area (Å²) in [6.45, 7) is 0. The van der Waals surface area contributed by atoms with Gasteiger partial charge in [-0.2, -0.15) is 9.97 Å². The fourth-order valence-corrected chi connectivity index (χ4v) is 1.64. The van der Waals surface area contributed by atoms with E-state index in [2.05, 4.69) is 15.3 Å². The molecule has 0 unspecified atom stereocenters. The van der Waals surface area contributed by atoms with Crippen LogP contribution in [0.2, 0.25) is 10.0 Å². The van der Waals surface area contributed by atoms with E-state index in [0.717, 1.165) is 0 Å². The minimum absolute atomic E-state index is 0.0886. The van der Waals surface area contributed by atoms with Crippen molar-refractivity contribution in [1.29, 1.82) is 0 Å². The summed E-state index contributed by atoms with van der Waals surface area (Å²) in [4.78, 5) is 7.74. The van der Waals surface area contributed by atoms with Gasteiger partial charge in [0.15, 0.2) is 0 Å². The lowest BCUT2D eigenvalue weighted by atomic mass is 10.3. The normalized spacial score (nSPS) is 10.2. The molecule has 0 spiro atoms. The van der Waals surface area contributed by atoms with Gasteiger partial charge in [-0.05, 0) is 12.1 Å². The van der Waals surface area contributed by atoms with Crippen LogP contribution in [0, 0.1) is 0 Å². The Morgan fingerprint density at radius 3 is 2.59 bits per heavy atom. The first kappa shape index (κ1) is 11.8. The Bertz CT molecular complexity index is 538. The van der Waals surface area contributed by atoms with Crippen LogP contribution in [0.4, 0.5) is 23.3 Å². The van der Waals surface area contributed by atoms with Crippen molar-refractivity contribution in [3.05, 3.63) is 34.3 Å². The highest BCUT2D eigenvalue weighted by atomic mass is 35.5. The average Bonchev–Trinajstić information content (AvgIpc) is 2.23. The monoisotopic (exact) mass is 269 g/mol. The molecule has 1 heterocycles. The fraction of sp³-hybridized carbons (Fsp3) is 0. The first-order valence-electron chi connectivity index (χ1n) is 4.67. The fourth-order valence-electron chi connectivity index (χ4n) is 1.29. The Morgan fingerprint density at radius 2 is 1.88 bits per heavy atom. The van der Waals surface area contributed by atoms with E-state index in [1.54, 1.807) is 24.3 Å². The second-order valence-corrected chi connectivity index (χ2v) is 4.05. The molecule has 88 valence electrons. The number of rotatable bonds is 2. The molecule has 2 aromatic rings. The Labute approximate surface area is 108 Å². The lowest BCUT2D eigenvalue weighted by Gasteiger charge is -2.09. The second kappa shape index (κ2) is 4.65. The van der Waals surface area contributed by atoms with E-state index in [1.165, 1.54) is 0 Å². The topological polar surface area (TPSA) is 89.8 Å². The van der Waals surface area contributed by atoms with Crippen molar-refractivity contribution in [1.82, 2.24) is 9.97 Å². The van der Waals surface area contributed by atoms with Crippen LogP contribution in [-0.4, -0.2) is 9.97 Å². The molecule has 0 amide bonds. The van der Waals surface area contributed by atoms with E-state index in [1.807, 2.05) is 0 Å². The third kappa shape index (κ3) is 2.69. The smallest absolute Gasteiger partial charge is 0.223 e. The second-order valence-electron chi connectivity index (χ2n) is 3.26. The largest absolute Gasteiger partial charge is 0.383 e. The van der Waals surface area contributed by atoms with Crippen LogP contribution >= 0.6 is 23.2 Å². The van der Waals surface area contributed by atoms with Gasteiger partial charge in [-0.25, -0.2) is 0 Å². The standard InChI is InChI=1S/C10H9Cl2N5/c11-5-2-1-3-6(9(5)12)15-8-4-7(13)16-10(14)17-8/h1-4H,(H5,13,14,15,16,17). The summed E-state index contributed by atoms with van der Waals surface area (Å²) in [6.07, 6.45) is 0. The molecular weight excluding hydrogens is 261 g/mol. The molecule has 1 aromatic carbocycles. The molecule has 17 heavy (non-hydrogen) atoms. The number of nitrogens with one attached hydrogen (secondary N) is 1. The third-order valence-electron chi connectivity index (χ3n) is 1.98. The zero-order chi connectivity index (χ0) is 12.4. The molecule has 0 aliphatic heterocycles. The lowest BCUT2D eigenvalue weighted by molar-refractivity contribution is 1.19. The summed E-state index contributed by atoms with van der Waals surface area (Å²) in [7, 11) is 0. The predicted molar refractivity (Wildman–Crippen MR) is 70.6 cm³/mol. The summed E-state index contributed by atoms with van der Waals surface area (Å²) in [5.74, 6) is 0.822. The molecule has 0 saturated heterocycles. The van der Waals surface area contributed by atoms with Crippen LogP contribution in [0.15, 0.2) is 24.3 Å². The summed E-state index contributed by atoms with van der Waals surface area (Å²) >= 11 is 11.9. The number of hydrogen-bond acceptors (Lipinski definition) is 5. The van der Waals surface area contributed by atoms with Gasteiger partial charge in [0.1, 0.15) is 11.6 Å². The molecular formula is C10H9Cl2N5. The van der Waals surface area contributed by atoms with Gasteiger partial charge in [0.2, 0.25) is 5.95 Å². The molecule has 5 N–H and O–H groups in total.